The zero-order valence-electron chi connectivity index (χ0n) is 5.70. The summed E-state index contributed by atoms with van der Waals surface area (Å²) in [6, 6.07) is 0. The molecule has 0 spiro atoms. The minimum Gasteiger partial charge on any atom is -0.266 e. The van der Waals surface area contributed by atoms with Crippen molar-refractivity contribution < 1.29 is 4.79 Å². The van der Waals surface area contributed by atoms with Crippen molar-refractivity contribution in [2.24, 2.45) is 9.98 Å². The number of aliphatic imine (C=N–C) groups is 2. The van der Waals surface area contributed by atoms with E-state index < -0.39 is 0 Å². The van der Waals surface area contributed by atoms with Crippen LogP contribution in [-0.4, -0.2) is 23.0 Å². The van der Waals surface area contributed by atoms with Gasteiger partial charge in [0.05, 0.1) is 6.21 Å². The third kappa shape index (κ3) is 1.95. The van der Waals surface area contributed by atoms with E-state index in [1.165, 1.54) is 18.0 Å². The molecular weight excluding hydrogens is 148 g/mol. The molecule has 3 nitrogen and oxygen atoms in total. The third-order valence-electron chi connectivity index (χ3n) is 0.927. The van der Waals surface area contributed by atoms with Gasteiger partial charge in [0.25, 0.3) is 5.91 Å². The van der Waals surface area contributed by atoms with E-state index in [0.29, 0.717) is 5.17 Å². The second-order valence-electron chi connectivity index (χ2n) is 1.84. The molecule has 0 aromatic heterocycles. The van der Waals surface area contributed by atoms with E-state index in [4.69, 9.17) is 0 Å². The predicted molar refractivity (Wildman–Crippen MR) is 43.7 cm³/mol. The molecule has 0 radical (unpaired) electrons. The van der Waals surface area contributed by atoms with Crippen molar-refractivity contribution in [1.82, 2.24) is 0 Å². The van der Waals surface area contributed by atoms with E-state index in [1.54, 1.807) is 0 Å². The molecular formula is C6H8N2OS. The number of hydrogen-bond acceptors (Lipinski definition) is 3. The van der Waals surface area contributed by atoms with E-state index in [1.807, 2.05) is 0 Å². The highest BCUT2D eigenvalue weighted by Gasteiger charge is 2.06. The third-order valence-corrected chi connectivity index (χ3v) is 1.99. The summed E-state index contributed by atoms with van der Waals surface area (Å²) in [7, 11) is 0. The van der Waals surface area contributed by atoms with Crippen LogP contribution in [0.1, 0.15) is 13.3 Å². The normalized spacial score (nSPS) is 16.1. The molecule has 10 heavy (non-hydrogen) atoms. The minimum atomic E-state index is -0.237. The van der Waals surface area contributed by atoms with Crippen LogP contribution in [0.3, 0.4) is 0 Å². The fourth-order valence-corrected chi connectivity index (χ4v) is 1.19. The highest BCUT2D eigenvalue weighted by Crippen LogP contribution is 2.09. The molecule has 0 aliphatic carbocycles. The topological polar surface area (TPSA) is 41.8 Å². The molecule has 1 rings (SSSR count). The fraction of sp³-hybridized carbons (Fsp3) is 0.500. The van der Waals surface area contributed by atoms with Crippen LogP contribution >= 0.6 is 11.8 Å². The van der Waals surface area contributed by atoms with Gasteiger partial charge in [-0.3, -0.25) is 4.79 Å². The monoisotopic (exact) mass is 156 g/mol. The van der Waals surface area contributed by atoms with Crippen molar-refractivity contribution in [3.63, 3.8) is 0 Å². The second kappa shape index (κ2) is 3.51. The highest BCUT2D eigenvalue weighted by molar-refractivity contribution is 8.13. The van der Waals surface area contributed by atoms with E-state index in [9.17, 15) is 4.79 Å². The smallest absolute Gasteiger partial charge is 0.266 e. The van der Waals surface area contributed by atoms with Crippen molar-refractivity contribution in [2.75, 3.05) is 5.75 Å². The van der Waals surface area contributed by atoms with Crippen molar-refractivity contribution >= 4 is 29.1 Å². The van der Waals surface area contributed by atoms with Crippen LogP contribution in [0, 0.1) is 0 Å². The molecule has 1 aliphatic rings. The standard InChI is InChI=1S/C6H8N2OS/c1-2-3-10-6-7-4-5(9)8-6/h4H,2-3H2,1H3. The Labute approximate surface area is 63.6 Å². The van der Waals surface area contributed by atoms with E-state index in [2.05, 4.69) is 16.9 Å². The summed E-state index contributed by atoms with van der Waals surface area (Å²) >= 11 is 1.52. The van der Waals surface area contributed by atoms with Crippen molar-refractivity contribution in [2.45, 2.75) is 13.3 Å². The number of carbonyl (C=O) groups excluding carboxylic acids is 1. The summed E-state index contributed by atoms with van der Waals surface area (Å²) < 4.78 is 0. The van der Waals surface area contributed by atoms with Crippen LogP contribution in [0.2, 0.25) is 0 Å². The second-order valence-corrected chi connectivity index (χ2v) is 2.90. The largest absolute Gasteiger partial charge is 0.290 e. The molecule has 0 fully saturated rings. The number of nitrogens with zero attached hydrogens (tertiary/aromatic N) is 2. The minimum absolute atomic E-state index is 0.237. The maximum atomic E-state index is 10.5. The number of amidine groups is 1. The number of thioether (sulfide) groups is 1. The lowest BCUT2D eigenvalue weighted by Gasteiger charge is -1.90. The number of hydrogen-bond donors (Lipinski definition) is 0. The van der Waals surface area contributed by atoms with E-state index in [-0.39, 0.29) is 5.91 Å². The zero-order chi connectivity index (χ0) is 7.40. The number of amides is 1. The summed E-state index contributed by atoms with van der Waals surface area (Å²) in [5.41, 5.74) is 0. The van der Waals surface area contributed by atoms with Gasteiger partial charge in [-0.05, 0) is 6.42 Å². The van der Waals surface area contributed by atoms with Crippen LogP contribution in [0.4, 0.5) is 0 Å². The molecule has 0 atom stereocenters. The van der Waals surface area contributed by atoms with Gasteiger partial charge >= 0.3 is 0 Å². The summed E-state index contributed by atoms with van der Waals surface area (Å²) in [5.74, 6) is 0.738. The lowest BCUT2D eigenvalue weighted by Crippen LogP contribution is -1.87. The van der Waals surface area contributed by atoms with E-state index in [0.717, 1.165) is 12.2 Å². The van der Waals surface area contributed by atoms with Gasteiger partial charge in [0.15, 0.2) is 5.17 Å². The molecule has 0 saturated heterocycles. The Morgan fingerprint density at radius 2 is 2.50 bits per heavy atom. The molecule has 1 amide bonds. The fourth-order valence-electron chi connectivity index (χ4n) is 0.525. The van der Waals surface area contributed by atoms with Crippen molar-refractivity contribution in [3.8, 4) is 0 Å². The summed E-state index contributed by atoms with van der Waals surface area (Å²) in [4.78, 5) is 17.9. The first kappa shape index (κ1) is 7.47. The Morgan fingerprint density at radius 1 is 1.70 bits per heavy atom. The molecule has 0 aromatic rings. The van der Waals surface area contributed by atoms with Gasteiger partial charge < -0.3 is 0 Å². The van der Waals surface area contributed by atoms with Gasteiger partial charge in [-0.2, -0.15) is 4.99 Å². The van der Waals surface area contributed by atoms with Crippen LogP contribution in [-0.2, 0) is 4.79 Å². The first-order chi connectivity index (χ1) is 4.83. The lowest BCUT2D eigenvalue weighted by atomic mass is 10.6. The molecule has 1 aliphatic heterocycles. The lowest BCUT2D eigenvalue weighted by molar-refractivity contribution is -0.111. The summed E-state index contributed by atoms with van der Waals surface area (Å²) in [6.07, 6.45) is 2.32. The summed E-state index contributed by atoms with van der Waals surface area (Å²) in [5, 5.41) is 0.604. The molecule has 4 heteroatoms. The van der Waals surface area contributed by atoms with Gasteiger partial charge in [-0.25, -0.2) is 4.99 Å². The Kier molecular flexibility index (Phi) is 2.62. The predicted octanol–water partition coefficient (Wildman–Crippen LogP) is 1.10. The van der Waals surface area contributed by atoms with Crippen LogP contribution < -0.4 is 0 Å². The molecule has 0 saturated carbocycles. The first-order valence-electron chi connectivity index (χ1n) is 3.12. The van der Waals surface area contributed by atoms with Crippen molar-refractivity contribution in [1.29, 1.82) is 0 Å². The average Bonchev–Trinajstić information content (AvgIpc) is 2.31. The van der Waals surface area contributed by atoms with E-state index >= 15 is 0 Å². The zero-order valence-corrected chi connectivity index (χ0v) is 6.52. The van der Waals surface area contributed by atoms with Crippen molar-refractivity contribution in [3.05, 3.63) is 0 Å². The van der Waals surface area contributed by atoms with Crippen LogP contribution in [0.25, 0.3) is 0 Å². The Balaban J connectivity index is 2.37. The van der Waals surface area contributed by atoms with Gasteiger partial charge in [0, 0.05) is 5.75 Å². The van der Waals surface area contributed by atoms with Gasteiger partial charge in [-0.1, -0.05) is 18.7 Å². The quantitative estimate of drug-likeness (QED) is 0.600. The molecule has 54 valence electrons. The number of rotatable bonds is 2. The summed E-state index contributed by atoms with van der Waals surface area (Å²) in [6.45, 7) is 2.08. The molecule has 1 heterocycles. The van der Waals surface area contributed by atoms with Gasteiger partial charge in [-0.15, -0.1) is 0 Å². The Hall–Kier alpha value is -0.640. The Morgan fingerprint density at radius 3 is 3.00 bits per heavy atom. The van der Waals surface area contributed by atoms with Crippen LogP contribution in [0.5, 0.6) is 0 Å². The SMILES string of the molecule is CCCSC1=NC(=O)C=N1. The maximum absolute atomic E-state index is 10.5. The number of carbonyl (C=O) groups is 1. The Bertz CT molecular complexity index is 198. The van der Waals surface area contributed by atoms with Gasteiger partial charge in [0.2, 0.25) is 0 Å². The first-order valence-corrected chi connectivity index (χ1v) is 4.11. The molecule has 0 aromatic carbocycles. The van der Waals surface area contributed by atoms with Gasteiger partial charge in [0.1, 0.15) is 0 Å². The highest BCUT2D eigenvalue weighted by atomic mass is 32.2. The molecule has 0 bridgehead atoms. The maximum Gasteiger partial charge on any atom is 0.290 e. The molecule has 0 N–H and O–H groups in total. The molecule has 0 unspecified atom stereocenters. The van der Waals surface area contributed by atoms with Crippen LogP contribution in [0.15, 0.2) is 9.98 Å². The average molecular weight is 156 g/mol.